The maximum Gasteiger partial charge on any atom is 0.240 e. The largest absolute Gasteiger partial charge is 0.491 e. The second-order valence-electron chi connectivity index (χ2n) is 5.80. The number of rotatable bonds is 7. The SMILES string of the molecule is Cc1ccc(C)n1CCNS(=O)(=O)c1ccc(OC(C)C)cc1. The molecular weight excluding hydrogens is 312 g/mol. The first-order valence-electron chi connectivity index (χ1n) is 7.69. The Balaban J connectivity index is 1.99. The summed E-state index contributed by atoms with van der Waals surface area (Å²) in [6.45, 7) is 8.83. The average Bonchev–Trinajstić information content (AvgIpc) is 2.79. The van der Waals surface area contributed by atoms with Gasteiger partial charge in [0.2, 0.25) is 10.0 Å². The van der Waals surface area contributed by atoms with Gasteiger partial charge in [0, 0.05) is 24.5 Å². The third-order valence-electron chi connectivity index (χ3n) is 3.55. The van der Waals surface area contributed by atoms with Crippen molar-refractivity contribution in [2.45, 2.75) is 45.2 Å². The molecule has 5 nitrogen and oxygen atoms in total. The van der Waals surface area contributed by atoms with Gasteiger partial charge in [-0.2, -0.15) is 0 Å². The summed E-state index contributed by atoms with van der Waals surface area (Å²) in [5.41, 5.74) is 2.24. The average molecular weight is 336 g/mol. The lowest BCUT2D eigenvalue weighted by Gasteiger charge is -2.12. The first-order valence-corrected chi connectivity index (χ1v) is 9.17. The molecule has 0 aliphatic rings. The van der Waals surface area contributed by atoms with Crippen molar-refractivity contribution in [1.29, 1.82) is 0 Å². The van der Waals surface area contributed by atoms with Gasteiger partial charge in [-0.15, -0.1) is 0 Å². The Kier molecular flexibility index (Phi) is 5.49. The van der Waals surface area contributed by atoms with E-state index in [0.29, 0.717) is 18.8 Å². The van der Waals surface area contributed by atoms with Crippen LogP contribution in [-0.4, -0.2) is 25.6 Å². The molecule has 0 unspecified atom stereocenters. The van der Waals surface area contributed by atoms with E-state index in [9.17, 15) is 8.42 Å². The second-order valence-corrected chi connectivity index (χ2v) is 7.57. The van der Waals surface area contributed by atoms with Gasteiger partial charge in [0.05, 0.1) is 11.0 Å². The summed E-state index contributed by atoms with van der Waals surface area (Å²) in [7, 11) is -3.50. The molecule has 0 fully saturated rings. The molecular formula is C17H24N2O3S. The summed E-state index contributed by atoms with van der Waals surface area (Å²) in [5.74, 6) is 0.664. The van der Waals surface area contributed by atoms with Gasteiger partial charge >= 0.3 is 0 Å². The van der Waals surface area contributed by atoms with E-state index in [4.69, 9.17) is 4.74 Å². The van der Waals surface area contributed by atoms with Crippen LogP contribution < -0.4 is 9.46 Å². The van der Waals surface area contributed by atoms with E-state index in [2.05, 4.69) is 9.29 Å². The van der Waals surface area contributed by atoms with Crippen molar-refractivity contribution in [3.63, 3.8) is 0 Å². The summed E-state index contributed by atoms with van der Waals surface area (Å²) >= 11 is 0. The Hall–Kier alpha value is -1.79. The van der Waals surface area contributed by atoms with Gasteiger partial charge in [0.25, 0.3) is 0 Å². The van der Waals surface area contributed by atoms with E-state index in [1.54, 1.807) is 24.3 Å². The molecule has 0 atom stereocenters. The van der Waals surface area contributed by atoms with Gasteiger partial charge in [0.1, 0.15) is 5.75 Å². The highest BCUT2D eigenvalue weighted by molar-refractivity contribution is 7.89. The molecule has 1 heterocycles. The number of hydrogen-bond acceptors (Lipinski definition) is 3. The third-order valence-corrected chi connectivity index (χ3v) is 5.03. The van der Waals surface area contributed by atoms with E-state index in [0.717, 1.165) is 11.4 Å². The van der Waals surface area contributed by atoms with Crippen molar-refractivity contribution in [2.75, 3.05) is 6.54 Å². The van der Waals surface area contributed by atoms with Crippen LogP contribution in [-0.2, 0) is 16.6 Å². The molecule has 2 aromatic rings. The molecule has 1 aromatic carbocycles. The molecule has 1 aromatic heterocycles. The molecule has 0 aliphatic carbocycles. The lowest BCUT2D eigenvalue weighted by atomic mass is 10.3. The summed E-state index contributed by atoms with van der Waals surface area (Å²) in [6.07, 6.45) is 0.0589. The van der Waals surface area contributed by atoms with Crippen molar-refractivity contribution in [3.8, 4) is 5.75 Å². The smallest absolute Gasteiger partial charge is 0.240 e. The molecule has 23 heavy (non-hydrogen) atoms. The number of ether oxygens (including phenoxy) is 1. The fraction of sp³-hybridized carbons (Fsp3) is 0.412. The number of aryl methyl sites for hydroxylation is 2. The molecule has 0 saturated heterocycles. The number of hydrogen-bond donors (Lipinski definition) is 1. The molecule has 6 heteroatoms. The molecule has 126 valence electrons. The summed E-state index contributed by atoms with van der Waals surface area (Å²) < 4.78 is 34.8. The highest BCUT2D eigenvalue weighted by Crippen LogP contribution is 2.17. The molecule has 0 aliphatic heterocycles. The van der Waals surface area contributed by atoms with Crippen LogP contribution in [0.4, 0.5) is 0 Å². The number of nitrogens with one attached hydrogen (secondary N) is 1. The summed E-state index contributed by atoms with van der Waals surface area (Å²) in [5, 5.41) is 0. The summed E-state index contributed by atoms with van der Waals surface area (Å²) in [6, 6.07) is 10.5. The van der Waals surface area contributed by atoms with Gasteiger partial charge in [-0.1, -0.05) is 0 Å². The van der Waals surface area contributed by atoms with Crippen LogP contribution in [0, 0.1) is 13.8 Å². The van der Waals surface area contributed by atoms with Gasteiger partial charge in [-0.05, 0) is 64.1 Å². The summed E-state index contributed by atoms with van der Waals surface area (Å²) in [4.78, 5) is 0.245. The Morgan fingerprint density at radius 3 is 2.13 bits per heavy atom. The lowest BCUT2D eigenvalue weighted by molar-refractivity contribution is 0.242. The number of nitrogens with zero attached hydrogens (tertiary/aromatic N) is 1. The van der Waals surface area contributed by atoms with Gasteiger partial charge in [-0.25, -0.2) is 13.1 Å². The lowest BCUT2D eigenvalue weighted by Crippen LogP contribution is -2.27. The van der Waals surface area contributed by atoms with Crippen molar-refractivity contribution in [1.82, 2.24) is 9.29 Å². The van der Waals surface area contributed by atoms with E-state index in [1.807, 2.05) is 39.8 Å². The number of sulfonamides is 1. The highest BCUT2D eigenvalue weighted by Gasteiger charge is 2.14. The van der Waals surface area contributed by atoms with Gasteiger partial charge in [-0.3, -0.25) is 0 Å². The molecule has 0 bridgehead atoms. The van der Waals surface area contributed by atoms with Crippen molar-refractivity contribution in [2.24, 2.45) is 0 Å². The van der Waals surface area contributed by atoms with Crippen molar-refractivity contribution >= 4 is 10.0 Å². The van der Waals surface area contributed by atoms with Gasteiger partial charge in [0.15, 0.2) is 0 Å². The fourth-order valence-electron chi connectivity index (χ4n) is 2.40. The van der Waals surface area contributed by atoms with E-state index in [-0.39, 0.29) is 11.0 Å². The van der Waals surface area contributed by atoms with Crippen molar-refractivity contribution in [3.05, 3.63) is 47.8 Å². The standard InChI is InChI=1S/C17H24N2O3S/c1-13(2)22-16-7-9-17(10-8-16)23(20,21)18-11-12-19-14(3)5-6-15(19)4/h5-10,13,18H,11-12H2,1-4H3. The molecule has 0 saturated carbocycles. The molecule has 0 radical (unpaired) electrons. The van der Waals surface area contributed by atoms with Crippen LogP contribution in [0.25, 0.3) is 0 Å². The molecule has 0 spiro atoms. The Bertz CT molecular complexity index is 727. The van der Waals surface area contributed by atoms with E-state index < -0.39 is 10.0 Å². The topological polar surface area (TPSA) is 60.3 Å². The predicted octanol–water partition coefficient (Wildman–Crippen LogP) is 2.87. The Labute approximate surface area is 138 Å². The minimum Gasteiger partial charge on any atom is -0.491 e. The van der Waals surface area contributed by atoms with Crippen LogP contribution >= 0.6 is 0 Å². The normalized spacial score (nSPS) is 11.9. The monoisotopic (exact) mass is 336 g/mol. The zero-order valence-corrected chi connectivity index (χ0v) is 14.9. The zero-order valence-electron chi connectivity index (χ0n) is 14.0. The van der Waals surface area contributed by atoms with Crippen molar-refractivity contribution < 1.29 is 13.2 Å². The quantitative estimate of drug-likeness (QED) is 0.846. The maximum absolute atomic E-state index is 12.3. The second kappa shape index (κ2) is 7.19. The maximum atomic E-state index is 12.3. The number of aromatic nitrogens is 1. The van der Waals surface area contributed by atoms with Crippen LogP contribution in [0.3, 0.4) is 0 Å². The van der Waals surface area contributed by atoms with Crippen LogP contribution in [0.15, 0.2) is 41.3 Å². The minimum absolute atomic E-state index is 0.0589. The highest BCUT2D eigenvalue weighted by atomic mass is 32.2. The van der Waals surface area contributed by atoms with E-state index >= 15 is 0 Å². The molecule has 1 N–H and O–H groups in total. The fourth-order valence-corrected chi connectivity index (χ4v) is 3.42. The molecule has 0 amide bonds. The predicted molar refractivity (Wildman–Crippen MR) is 91.3 cm³/mol. The Morgan fingerprint density at radius 2 is 1.61 bits per heavy atom. The minimum atomic E-state index is -3.50. The number of benzene rings is 1. The molecule has 2 rings (SSSR count). The van der Waals surface area contributed by atoms with Gasteiger partial charge < -0.3 is 9.30 Å². The first kappa shape index (κ1) is 17.6. The Morgan fingerprint density at radius 1 is 1.04 bits per heavy atom. The first-order chi connectivity index (χ1) is 10.8. The zero-order chi connectivity index (χ0) is 17.0. The van der Waals surface area contributed by atoms with E-state index in [1.165, 1.54) is 0 Å². The van der Waals surface area contributed by atoms with Crippen LogP contribution in [0.1, 0.15) is 25.2 Å². The third kappa shape index (κ3) is 4.59. The van der Waals surface area contributed by atoms with Crippen LogP contribution in [0.2, 0.25) is 0 Å². The van der Waals surface area contributed by atoms with Crippen LogP contribution in [0.5, 0.6) is 5.75 Å².